The summed E-state index contributed by atoms with van der Waals surface area (Å²) in [6.45, 7) is 2.18. The number of fused-ring (bicyclic) bond motifs is 2. The van der Waals surface area contributed by atoms with E-state index in [0.717, 1.165) is 11.5 Å². The van der Waals surface area contributed by atoms with Gasteiger partial charge in [0, 0.05) is 21.9 Å². The van der Waals surface area contributed by atoms with Gasteiger partial charge in [0.2, 0.25) is 0 Å². The smallest absolute Gasteiger partial charge is 0.131 e. The number of hydrogen-bond donors (Lipinski definition) is 0. The number of halogens is 1. The van der Waals surface area contributed by atoms with Crippen molar-refractivity contribution in [2.75, 3.05) is 0 Å². The lowest BCUT2D eigenvalue weighted by atomic mass is 9.86. The predicted octanol–water partition coefficient (Wildman–Crippen LogP) is 4.71. The van der Waals surface area contributed by atoms with Crippen molar-refractivity contribution >= 4 is 15.9 Å². The maximum absolute atomic E-state index is 5.94. The fraction of sp³-hybridized carbons (Fsp3) is 0.200. The molecule has 0 saturated carbocycles. The molecule has 0 amide bonds. The molecular weight excluding hydrogens is 276 g/mol. The molecule has 0 bridgehead atoms. The van der Waals surface area contributed by atoms with Crippen LogP contribution in [-0.2, 0) is 0 Å². The topological polar surface area (TPSA) is 9.23 Å². The van der Waals surface area contributed by atoms with Crippen molar-refractivity contribution in [2.45, 2.75) is 17.7 Å². The summed E-state index contributed by atoms with van der Waals surface area (Å²) in [4.78, 5) is 0.383. The molecule has 1 heterocycles. The molecule has 17 heavy (non-hydrogen) atoms. The monoisotopic (exact) mass is 288 g/mol. The Balaban J connectivity index is 2.21. The molecule has 0 aromatic heterocycles. The minimum atomic E-state index is 0.358. The summed E-state index contributed by atoms with van der Waals surface area (Å²) in [6, 6.07) is 16.5. The second kappa shape index (κ2) is 4.19. The van der Waals surface area contributed by atoms with Gasteiger partial charge in [0.1, 0.15) is 11.5 Å². The van der Waals surface area contributed by atoms with E-state index in [1.165, 1.54) is 11.1 Å². The van der Waals surface area contributed by atoms with Crippen LogP contribution in [0.15, 0.2) is 48.5 Å². The zero-order valence-electron chi connectivity index (χ0n) is 9.56. The second-order valence-electron chi connectivity index (χ2n) is 4.33. The van der Waals surface area contributed by atoms with Crippen molar-refractivity contribution in [3.8, 4) is 11.5 Å². The number of alkyl halides is 1. The standard InChI is InChI=1S/C15H13BrO/c1-10(16)15-11-6-2-4-8-13(11)17-14-9-5-3-7-12(14)15/h2-10,15H,1H3. The zero-order chi connectivity index (χ0) is 11.8. The highest BCUT2D eigenvalue weighted by Gasteiger charge is 2.29. The van der Waals surface area contributed by atoms with Crippen molar-refractivity contribution in [2.24, 2.45) is 0 Å². The second-order valence-corrected chi connectivity index (χ2v) is 5.78. The van der Waals surface area contributed by atoms with Crippen LogP contribution in [0, 0.1) is 0 Å². The molecule has 3 rings (SSSR count). The van der Waals surface area contributed by atoms with E-state index in [4.69, 9.17) is 4.74 Å². The van der Waals surface area contributed by atoms with Crippen LogP contribution < -0.4 is 4.74 Å². The molecular formula is C15H13BrO. The van der Waals surface area contributed by atoms with E-state index in [2.05, 4.69) is 47.1 Å². The van der Waals surface area contributed by atoms with E-state index in [1.807, 2.05) is 24.3 Å². The van der Waals surface area contributed by atoms with Crippen LogP contribution in [-0.4, -0.2) is 4.83 Å². The largest absolute Gasteiger partial charge is 0.457 e. The summed E-state index contributed by atoms with van der Waals surface area (Å²) in [6.07, 6.45) is 0. The van der Waals surface area contributed by atoms with Gasteiger partial charge in [-0.15, -0.1) is 0 Å². The van der Waals surface area contributed by atoms with E-state index in [1.54, 1.807) is 0 Å². The maximum atomic E-state index is 5.94. The third-order valence-electron chi connectivity index (χ3n) is 3.19. The molecule has 86 valence electrons. The van der Waals surface area contributed by atoms with Gasteiger partial charge < -0.3 is 4.74 Å². The third kappa shape index (κ3) is 1.77. The molecule has 1 aliphatic rings. The Morgan fingerprint density at radius 2 is 1.41 bits per heavy atom. The predicted molar refractivity (Wildman–Crippen MR) is 73.2 cm³/mol. The number of rotatable bonds is 1. The number of hydrogen-bond acceptors (Lipinski definition) is 1. The normalized spacial score (nSPS) is 15.6. The zero-order valence-corrected chi connectivity index (χ0v) is 11.1. The molecule has 1 atom stereocenters. The van der Waals surface area contributed by atoms with Gasteiger partial charge in [-0.05, 0) is 12.1 Å². The van der Waals surface area contributed by atoms with E-state index in [0.29, 0.717) is 10.7 Å². The molecule has 1 unspecified atom stereocenters. The van der Waals surface area contributed by atoms with Gasteiger partial charge in [0.05, 0.1) is 0 Å². The molecule has 1 aliphatic heterocycles. The van der Waals surface area contributed by atoms with Crippen molar-refractivity contribution in [1.29, 1.82) is 0 Å². The van der Waals surface area contributed by atoms with Crippen LogP contribution in [0.25, 0.3) is 0 Å². The highest BCUT2D eigenvalue weighted by molar-refractivity contribution is 9.09. The number of benzene rings is 2. The fourth-order valence-corrected chi connectivity index (χ4v) is 3.01. The average Bonchev–Trinajstić information content (AvgIpc) is 2.35. The first-order valence-corrected chi connectivity index (χ1v) is 6.68. The summed E-state index contributed by atoms with van der Waals surface area (Å²) >= 11 is 3.72. The lowest BCUT2D eigenvalue weighted by molar-refractivity contribution is 0.445. The molecule has 0 fully saturated rings. The maximum Gasteiger partial charge on any atom is 0.131 e. The Morgan fingerprint density at radius 1 is 0.941 bits per heavy atom. The Labute approximate surface area is 110 Å². The third-order valence-corrected chi connectivity index (χ3v) is 3.72. The number of para-hydroxylation sites is 2. The van der Waals surface area contributed by atoms with E-state index in [-0.39, 0.29) is 0 Å². The Hall–Kier alpha value is -1.28. The van der Waals surface area contributed by atoms with Crippen molar-refractivity contribution in [3.63, 3.8) is 0 Å². The van der Waals surface area contributed by atoms with Crippen LogP contribution in [0.1, 0.15) is 24.0 Å². The molecule has 0 radical (unpaired) electrons. The molecule has 1 nitrogen and oxygen atoms in total. The van der Waals surface area contributed by atoms with E-state index < -0.39 is 0 Å². The van der Waals surface area contributed by atoms with Crippen LogP contribution in [0.2, 0.25) is 0 Å². The van der Waals surface area contributed by atoms with Gasteiger partial charge in [0.25, 0.3) is 0 Å². The summed E-state index contributed by atoms with van der Waals surface area (Å²) in [5, 5.41) is 0. The van der Waals surface area contributed by atoms with Gasteiger partial charge >= 0.3 is 0 Å². The SMILES string of the molecule is CC(Br)C1c2ccccc2Oc2ccccc21. The van der Waals surface area contributed by atoms with Gasteiger partial charge in [-0.2, -0.15) is 0 Å². The minimum absolute atomic E-state index is 0.358. The Bertz CT molecular complexity index is 503. The van der Waals surface area contributed by atoms with E-state index >= 15 is 0 Å². The van der Waals surface area contributed by atoms with Gasteiger partial charge in [-0.25, -0.2) is 0 Å². The van der Waals surface area contributed by atoms with Gasteiger partial charge in [-0.1, -0.05) is 59.3 Å². The van der Waals surface area contributed by atoms with Crippen molar-refractivity contribution in [3.05, 3.63) is 59.7 Å². The molecule has 2 heteroatoms. The molecule has 0 N–H and O–H groups in total. The Morgan fingerprint density at radius 3 is 1.88 bits per heavy atom. The summed E-state index contributed by atoms with van der Waals surface area (Å²) in [5.74, 6) is 2.31. The first kappa shape index (κ1) is 10.8. The lowest BCUT2D eigenvalue weighted by Crippen LogP contribution is -2.16. The highest BCUT2D eigenvalue weighted by atomic mass is 79.9. The minimum Gasteiger partial charge on any atom is -0.457 e. The molecule has 0 saturated heterocycles. The number of ether oxygens (including phenoxy) is 1. The van der Waals surface area contributed by atoms with Crippen LogP contribution >= 0.6 is 15.9 Å². The highest BCUT2D eigenvalue weighted by Crippen LogP contribution is 2.46. The molecule has 2 aromatic carbocycles. The van der Waals surface area contributed by atoms with Crippen LogP contribution in [0.3, 0.4) is 0 Å². The van der Waals surface area contributed by atoms with Crippen LogP contribution in [0.5, 0.6) is 11.5 Å². The summed E-state index contributed by atoms with van der Waals surface area (Å²) < 4.78 is 5.94. The van der Waals surface area contributed by atoms with Crippen molar-refractivity contribution in [1.82, 2.24) is 0 Å². The fourth-order valence-electron chi connectivity index (χ4n) is 2.44. The van der Waals surface area contributed by atoms with Crippen molar-refractivity contribution < 1.29 is 4.74 Å². The Kier molecular flexibility index (Phi) is 2.67. The lowest BCUT2D eigenvalue weighted by Gasteiger charge is -2.29. The van der Waals surface area contributed by atoms with E-state index in [9.17, 15) is 0 Å². The van der Waals surface area contributed by atoms with Gasteiger partial charge in [0.15, 0.2) is 0 Å². The molecule has 2 aromatic rings. The quantitative estimate of drug-likeness (QED) is 0.691. The first-order chi connectivity index (χ1) is 8.27. The summed E-state index contributed by atoms with van der Waals surface area (Å²) in [7, 11) is 0. The van der Waals surface area contributed by atoms with Gasteiger partial charge in [-0.3, -0.25) is 0 Å². The molecule has 0 aliphatic carbocycles. The summed E-state index contributed by atoms with van der Waals surface area (Å²) in [5.41, 5.74) is 2.52. The first-order valence-electron chi connectivity index (χ1n) is 5.77. The molecule has 0 spiro atoms. The van der Waals surface area contributed by atoms with Crippen LogP contribution in [0.4, 0.5) is 0 Å². The average molecular weight is 289 g/mol.